The number of carbonyl (C=O) groups excluding carboxylic acids is 1. The van der Waals surface area contributed by atoms with Crippen molar-refractivity contribution in [2.24, 2.45) is 7.05 Å². The topological polar surface area (TPSA) is 47.8 Å². The predicted octanol–water partition coefficient (Wildman–Crippen LogP) is 4.64. The molecule has 4 nitrogen and oxygen atoms in total. The molecule has 0 bridgehead atoms. The molecule has 1 aliphatic rings. The molecule has 1 aliphatic carbocycles. The summed E-state index contributed by atoms with van der Waals surface area (Å²) in [6.07, 6.45) is 4.71. The summed E-state index contributed by atoms with van der Waals surface area (Å²) >= 11 is 1.45. The fourth-order valence-electron chi connectivity index (χ4n) is 3.62. The molecule has 2 aromatic carbocycles. The third kappa shape index (κ3) is 3.69. The first-order chi connectivity index (χ1) is 13.1. The molecule has 0 atom stereocenters. The van der Waals surface area contributed by atoms with Crippen molar-refractivity contribution < 1.29 is 4.79 Å². The van der Waals surface area contributed by atoms with E-state index in [2.05, 4.69) is 35.3 Å². The molecule has 0 saturated heterocycles. The van der Waals surface area contributed by atoms with E-state index in [0.717, 1.165) is 40.5 Å². The van der Waals surface area contributed by atoms with Crippen molar-refractivity contribution in [2.75, 3.05) is 5.75 Å². The summed E-state index contributed by atoms with van der Waals surface area (Å²) in [5.74, 6) is 1.35. The van der Waals surface area contributed by atoms with Gasteiger partial charge in [-0.3, -0.25) is 4.79 Å². The number of ketones is 1. The van der Waals surface area contributed by atoms with Crippen LogP contribution in [-0.4, -0.2) is 26.3 Å². The number of thioether (sulfide) groups is 1. The molecule has 0 spiro atoms. The van der Waals surface area contributed by atoms with E-state index >= 15 is 0 Å². The van der Waals surface area contributed by atoms with E-state index in [4.69, 9.17) is 0 Å². The lowest BCUT2D eigenvalue weighted by molar-refractivity contribution is 0.102. The molecule has 4 rings (SSSR count). The Balaban J connectivity index is 1.48. The Morgan fingerprint density at radius 1 is 1.07 bits per heavy atom. The molecule has 0 N–H and O–H groups in total. The molecule has 0 amide bonds. The Morgan fingerprint density at radius 2 is 1.85 bits per heavy atom. The highest BCUT2D eigenvalue weighted by molar-refractivity contribution is 7.99. The van der Waals surface area contributed by atoms with Crippen molar-refractivity contribution in [3.8, 4) is 11.4 Å². The average Bonchev–Trinajstić information content (AvgIpc) is 3.06. The number of fused-ring (bicyclic) bond motifs is 1. The van der Waals surface area contributed by atoms with Gasteiger partial charge < -0.3 is 4.57 Å². The third-order valence-electron chi connectivity index (χ3n) is 5.22. The van der Waals surface area contributed by atoms with Gasteiger partial charge in [0, 0.05) is 18.2 Å². The molecule has 0 unspecified atom stereocenters. The zero-order chi connectivity index (χ0) is 18.8. The quantitative estimate of drug-likeness (QED) is 0.480. The van der Waals surface area contributed by atoms with Gasteiger partial charge in [-0.1, -0.05) is 48.2 Å². The van der Waals surface area contributed by atoms with Crippen LogP contribution in [0.15, 0.2) is 47.6 Å². The van der Waals surface area contributed by atoms with Gasteiger partial charge >= 0.3 is 0 Å². The van der Waals surface area contributed by atoms with Gasteiger partial charge in [-0.05, 0) is 55.4 Å². The Bertz CT molecular complexity index is 993. The number of aryl methyl sites for hydroxylation is 3. The molecule has 5 heteroatoms. The molecule has 0 fully saturated rings. The number of hydrogen-bond acceptors (Lipinski definition) is 4. The standard InChI is InChI=1S/C22H23N3OS/c1-15-7-3-6-10-19(15)21-23-24-22(25(21)2)27-14-20(26)18-12-11-16-8-4-5-9-17(16)13-18/h3,6-7,10-13H,4-5,8-9,14H2,1-2H3. The van der Waals surface area contributed by atoms with Crippen molar-refractivity contribution >= 4 is 17.5 Å². The lowest BCUT2D eigenvalue weighted by atomic mass is 9.90. The number of rotatable bonds is 5. The maximum absolute atomic E-state index is 12.7. The summed E-state index contributed by atoms with van der Waals surface area (Å²) in [6.45, 7) is 2.07. The van der Waals surface area contributed by atoms with Crippen LogP contribution in [0.2, 0.25) is 0 Å². The molecule has 0 saturated carbocycles. The number of benzene rings is 2. The maximum Gasteiger partial charge on any atom is 0.191 e. The number of hydrogen-bond donors (Lipinski definition) is 0. The van der Waals surface area contributed by atoms with Gasteiger partial charge in [0.25, 0.3) is 0 Å². The fourth-order valence-corrected chi connectivity index (χ4v) is 4.42. The van der Waals surface area contributed by atoms with Crippen LogP contribution in [0.4, 0.5) is 0 Å². The van der Waals surface area contributed by atoms with Crippen molar-refractivity contribution in [3.63, 3.8) is 0 Å². The summed E-state index contributed by atoms with van der Waals surface area (Å²) in [5, 5.41) is 9.39. The van der Waals surface area contributed by atoms with Gasteiger partial charge in [-0.15, -0.1) is 10.2 Å². The molecule has 3 aromatic rings. The molecular formula is C22H23N3OS. The smallest absolute Gasteiger partial charge is 0.191 e. The largest absolute Gasteiger partial charge is 0.305 e. The van der Waals surface area contributed by atoms with E-state index < -0.39 is 0 Å². The van der Waals surface area contributed by atoms with Crippen LogP contribution in [0.25, 0.3) is 11.4 Å². The molecule has 1 aromatic heterocycles. The minimum absolute atomic E-state index is 0.147. The van der Waals surface area contributed by atoms with Crippen LogP contribution in [0.1, 0.15) is 39.9 Å². The van der Waals surface area contributed by atoms with E-state index in [0.29, 0.717) is 5.75 Å². The minimum atomic E-state index is 0.147. The Kier molecular flexibility index (Phi) is 5.12. The van der Waals surface area contributed by atoms with Gasteiger partial charge in [-0.2, -0.15) is 0 Å². The number of carbonyl (C=O) groups is 1. The van der Waals surface area contributed by atoms with E-state index in [-0.39, 0.29) is 5.78 Å². The van der Waals surface area contributed by atoms with E-state index in [1.165, 1.54) is 35.7 Å². The molecule has 138 valence electrons. The van der Waals surface area contributed by atoms with Gasteiger partial charge in [0.1, 0.15) is 0 Å². The fraction of sp³-hybridized carbons (Fsp3) is 0.318. The summed E-state index contributed by atoms with van der Waals surface area (Å²) in [7, 11) is 1.95. The highest BCUT2D eigenvalue weighted by Crippen LogP contribution is 2.26. The zero-order valence-corrected chi connectivity index (χ0v) is 16.6. The van der Waals surface area contributed by atoms with Crippen LogP contribution < -0.4 is 0 Å². The maximum atomic E-state index is 12.7. The minimum Gasteiger partial charge on any atom is -0.305 e. The Morgan fingerprint density at radius 3 is 2.67 bits per heavy atom. The predicted molar refractivity (Wildman–Crippen MR) is 109 cm³/mol. The van der Waals surface area contributed by atoms with Gasteiger partial charge in [0.2, 0.25) is 0 Å². The summed E-state index contributed by atoms with van der Waals surface area (Å²) in [6, 6.07) is 14.3. The van der Waals surface area contributed by atoms with Crippen LogP contribution in [0.3, 0.4) is 0 Å². The molecule has 0 aliphatic heterocycles. The highest BCUT2D eigenvalue weighted by Gasteiger charge is 2.16. The first kappa shape index (κ1) is 18.0. The van der Waals surface area contributed by atoms with E-state index in [1.54, 1.807) is 0 Å². The van der Waals surface area contributed by atoms with Gasteiger partial charge in [0.15, 0.2) is 16.8 Å². The number of aromatic nitrogens is 3. The van der Waals surface area contributed by atoms with Crippen LogP contribution in [0.5, 0.6) is 0 Å². The van der Waals surface area contributed by atoms with Crippen molar-refractivity contribution in [2.45, 2.75) is 37.8 Å². The lowest BCUT2D eigenvalue weighted by Crippen LogP contribution is -2.08. The molecule has 27 heavy (non-hydrogen) atoms. The second kappa shape index (κ2) is 7.69. The van der Waals surface area contributed by atoms with E-state index in [9.17, 15) is 4.79 Å². The van der Waals surface area contributed by atoms with Gasteiger partial charge in [0.05, 0.1) is 5.75 Å². The van der Waals surface area contributed by atoms with Gasteiger partial charge in [-0.25, -0.2) is 0 Å². The SMILES string of the molecule is Cc1ccccc1-c1nnc(SCC(=O)c2ccc3c(c2)CCCC3)n1C. The Labute approximate surface area is 164 Å². The van der Waals surface area contributed by atoms with Crippen LogP contribution >= 0.6 is 11.8 Å². The van der Waals surface area contributed by atoms with E-state index in [1.807, 2.05) is 35.9 Å². The van der Waals surface area contributed by atoms with Crippen LogP contribution in [-0.2, 0) is 19.9 Å². The molecular weight excluding hydrogens is 354 g/mol. The Hall–Kier alpha value is -2.40. The molecule has 0 radical (unpaired) electrons. The summed E-state index contributed by atoms with van der Waals surface area (Å²) in [4.78, 5) is 12.7. The summed E-state index contributed by atoms with van der Waals surface area (Å²) < 4.78 is 1.97. The number of nitrogens with zero attached hydrogens (tertiary/aromatic N) is 3. The second-order valence-corrected chi connectivity index (χ2v) is 8.03. The lowest BCUT2D eigenvalue weighted by Gasteiger charge is -2.16. The van der Waals surface area contributed by atoms with Crippen molar-refractivity contribution in [1.82, 2.24) is 14.8 Å². The highest BCUT2D eigenvalue weighted by atomic mass is 32.2. The van der Waals surface area contributed by atoms with Crippen molar-refractivity contribution in [1.29, 1.82) is 0 Å². The molecule has 1 heterocycles. The van der Waals surface area contributed by atoms with Crippen LogP contribution in [0, 0.1) is 6.92 Å². The normalized spacial score (nSPS) is 13.4. The van der Waals surface area contributed by atoms with Crippen molar-refractivity contribution in [3.05, 3.63) is 64.7 Å². The summed E-state index contributed by atoms with van der Waals surface area (Å²) in [5.41, 5.74) is 5.79. The first-order valence-electron chi connectivity index (χ1n) is 9.36. The second-order valence-electron chi connectivity index (χ2n) is 7.08. The third-order valence-corrected chi connectivity index (χ3v) is 6.24. The zero-order valence-electron chi connectivity index (χ0n) is 15.7. The average molecular weight is 378 g/mol. The number of Topliss-reactive ketones (excluding diaryl/α,β-unsaturated/α-hetero) is 1. The monoisotopic (exact) mass is 377 g/mol. The first-order valence-corrected chi connectivity index (χ1v) is 10.4.